The Kier molecular flexibility index (Phi) is 5.47. The second-order valence-corrected chi connectivity index (χ2v) is 7.12. The van der Waals surface area contributed by atoms with Gasteiger partial charge in [-0.15, -0.1) is 5.10 Å². The summed E-state index contributed by atoms with van der Waals surface area (Å²) in [6, 6.07) is 15.3. The number of rotatable bonds is 7. The molecule has 3 aromatic rings. The number of hydrogen-bond donors (Lipinski definition) is 2. The van der Waals surface area contributed by atoms with Crippen molar-refractivity contribution in [2.45, 2.75) is 31.8 Å². The Morgan fingerprint density at radius 2 is 1.77 bits per heavy atom. The van der Waals surface area contributed by atoms with Crippen molar-refractivity contribution < 1.29 is 19.4 Å². The Labute approximate surface area is 173 Å². The quantitative estimate of drug-likeness (QED) is 0.623. The fraction of sp³-hybridized carbons (Fsp3) is 0.273. The molecule has 1 aliphatic carbocycles. The molecule has 1 atom stereocenters. The second kappa shape index (κ2) is 8.36. The summed E-state index contributed by atoms with van der Waals surface area (Å²) < 4.78 is 7.08. The standard InChI is InChI=1S/C22H22N4O4/c1-2-26-12-20(24-25-26)19(11-21(27)28)23-22(29)30-13-18-16-9-5-3-7-14(16)15-8-4-6-10-17(15)18/h3-10,12,18-19H,2,11,13H2,1H3,(H,23,29)(H,27,28)/t19-/m0/s1. The molecule has 0 saturated heterocycles. The summed E-state index contributed by atoms with van der Waals surface area (Å²) in [5, 5.41) is 19.7. The second-order valence-electron chi connectivity index (χ2n) is 7.12. The number of carbonyl (C=O) groups excluding carboxylic acids is 1. The number of aromatic nitrogens is 3. The summed E-state index contributed by atoms with van der Waals surface area (Å²) in [7, 11) is 0. The summed E-state index contributed by atoms with van der Waals surface area (Å²) in [4.78, 5) is 23.7. The van der Waals surface area contributed by atoms with Gasteiger partial charge in [-0.05, 0) is 29.2 Å². The van der Waals surface area contributed by atoms with E-state index in [-0.39, 0.29) is 18.9 Å². The first kappa shape index (κ1) is 19.6. The molecular weight excluding hydrogens is 384 g/mol. The highest BCUT2D eigenvalue weighted by molar-refractivity contribution is 5.79. The van der Waals surface area contributed by atoms with Gasteiger partial charge in [0.25, 0.3) is 0 Å². The van der Waals surface area contributed by atoms with E-state index in [0.29, 0.717) is 12.2 Å². The van der Waals surface area contributed by atoms with E-state index in [1.54, 1.807) is 10.9 Å². The van der Waals surface area contributed by atoms with Crippen LogP contribution in [0.15, 0.2) is 54.7 Å². The van der Waals surface area contributed by atoms with Crippen molar-refractivity contribution in [3.05, 3.63) is 71.5 Å². The molecular formula is C22H22N4O4. The Bertz CT molecular complexity index is 1030. The molecule has 1 aliphatic rings. The van der Waals surface area contributed by atoms with Gasteiger partial charge in [0.05, 0.1) is 18.7 Å². The molecule has 0 bridgehead atoms. The van der Waals surface area contributed by atoms with E-state index < -0.39 is 18.1 Å². The molecule has 0 saturated carbocycles. The number of fused-ring (bicyclic) bond motifs is 3. The molecule has 8 heteroatoms. The highest BCUT2D eigenvalue weighted by atomic mass is 16.5. The molecule has 1 amide bonds. The molecule has 30 heavy (non-hydrogen) atoms. The van der Waals surface area contributed by atoms with Crippen LogP contribution in [0.5, 0.6) is 0 Å². The number of nitrogens with zero attached hydrogens (tertiary/aromatic N) is 3. The Morgan fingerprint density at radius 3 is 2.33 bits per heavy atom. The number of nitrogens with one attached hydrogen (secondary N) is 1. The van der Waals surface area contributed by atoms with Crippen LogP contribution >= 0.6 is 0 Å². The maximum Gasteiger partial charge on any atom is 0.407 e. The minimum atomic E-state index is -1.05. The molecule has 1 heterocycles. The van der Waals surface area contributed by atoms with Crippen LogP contribution in [0, 0.1) is 0 Å². The molecule has 154 valence electrons. The summed E-state index contributed by atoms with van der Waals surface area (Å²) in [5.74, 6) is -1.12. The SMILES string of the molecule is CCn1cc([C@H](CC(=O)O)NC(=O)OCC2c3ccccc3-c3ccccc32)nn1. The zero-order valence-electron chi connectivity index (χ0n) is 16.5. The maximum atomic E-state index is 12.5. The highest BCUT2D eigenvalue weighted by Crippen LogP contribution is 2.44. The van der Waals surface area contributed by atoms with Crippen LogP contribution in [-0.4, -0.2) is 38.8 Å². The first-order chi connectivity index (χ1) is 14.6. The minimum absolute atomic E-state index is 0.0676. The van der Waals surface area contributed by atoms with Crippen LogP contribution in [0.3, 0.4) is 0 Å². The van der Waals surface area contributed by atoms with Crippen molar-refractivity contribution in [2.24, 2.45) is 0 Å². The monoisotopic (exact) mass is 406 g/mol. The Morgan fingerprint density at radius 1 is 1.13 bits per heavy atom. The van der Waals surface area contributed by atoms with E-state index in [9.17, 15) is 14.7 Å². The molecule has 0 radical (unpaired) electrons. The topological polar surface area (TPSA) is 106 Å². The summed E-state index contributed by atoms with van der Waals surface area (Å²) >= 11 is 0. The molecule has 1 aromatic heterocycles. The van der Waals surface area contributed by atoms with E-state index in [1.807, 2.05) is 43.3 Å². The van der Waals surface area contributed by atoms with Gasteiger partial charge in [-0.1, -0.05) is 53.7 Å². The van der Waals surface area contributed by atoms with E-state index in [1.165, 1.54) is 0 Å². The highest BCUT2D eigenvalue weighted by Gasteiger charge is 2.29. The summed E-state index contributed by atoms with van der Waals surface area (Å²) in [5.41, 5.74) is 4.88. The van der Waals surface area contributed by atoms with Crippen LogP contribution < -0.4 is 5.32 Å². The number of aryl methyl sites for hydroxylation is 1. The molecule has 0 fully saturated rings. The zero-order chi connectivity index (χ0) is 21.1. The molecule has 2 N–H and O–H groups in total. The van der Waals surface area contributed by atoms with Crippen molar-refractivity contribution in [1.82, 2.24) is 20.3 Å². The number of ether oxygens (including phenoxy) is 1. The lowest BCUT2D eigenvalue weighted by molar-refractivity contribution is -0.137. The Balaban J connectivity index is 1.47. The number of alkyl carbamates (subject to hydrolysis) is 1. The number of carboxylic acids is 1. The third kappa shape index (κ3) is 3.89. The number of benzene rings is 2. The van der Waals surface area contributed by atoms with Gasteiger partial charge in [0, 0.05) is 12.5 Å². The van der Waals surface area contributed by atoms with Gasteiger partial charge >= 0.3 is 12.1 Å². The zero-order valence-corrected chi connectivity index (χ0v) is 16.5. The van der Waals surface area contributed by atoms with Crippen LogP contribution in [0.2, 0.25) is 0 Å². The lowest BCUT2D eigenvalue weighted by Crippen LogP contribution is -2.32. The van der Waals surface area contributed by atoms with Crippen molar-refractivity contribution >= 4 is 12.1 Å². The lowest BCUT2D eigenvalue weighted by atomic mass is 9.98. The fourth-order valence-corrected chi connectivity index (χ4v) is 3.81. The van der Waals surface area contributed by atoms with Crippen LogP contribution in [-0.2, 0) is 16.1 Å². The largest absolute Gasteiger partial charge is 0.481 e. The number of carbonyl (C=O) groups is 2. The van der Waals surface area contributed by atoms with Gasteiger partial charge in [-0.3, -0.25) is 9.48 Å². The lowest BCUT2D eigenvalue weighted by Gasteiger charge is -2.17. The van der Waals surface area contributed by atoms with Crippen molar-refractivity contribution in [2.75, 3.05) is 6.61 Å². The van der Waals surface area contributed by atoms with Crippen molar-refractivity contribution in [3.63, 3.8) is 0 Å². The van der Waals surface area contributed by atoms with E-state index >= 15 is 0 Å². The third-order valence-electron chi connectivity index (χ3n) is 5.25. The van der Waals surface area contributed by atoms with Gasteiger partial charge in [0.1, 0.15) is 12.3 Å². The molecule has 0 unspecified atom stereocenters. The summed E-state index contributed by atoms with van der Waals surface area (Å²) in [6.45, 7) is 2.64. The molecule has 4 rings (SSSR count). The van der Waals surface area contributed by atoms with E-state index in [2.05, 4.69) is 27.8 Å². The first-order valence-corrected chi connectivity index (χ1v) is 9.80. The number of amides is 1. The maximum absolute atomic E-state index is 12.5. The predicted octanol–water partition coefficient (Wildman–Crippen LogP) is 3.35. The number of aliphatic carboxylic acids is 1. The number of hydrogen-bond acceptors (Lipinski definition) is 5. The summed E-state index contributed by atoms with van der Waals surface area (Å²) in [6.07, 6.45) is 0.624. The predicted molar refractivity (Wildman–Crippen MR) is 109 cm³/mol. The van der Waals surface area contributed by atoms with E-state index in [0.717, 1.165) is 22.3 Å². The normalized spacial score (nSPS) is 13.4. The van der Waals surface area contributed by atoms with E-state index in [4.69, 9.17) is 4.74 Å². The van der Waals surface area contributed by atoms with Gasteiger partial charge in [-0.25, -0.2) is 4.79 Å². The fourth-order valence-electron chi connectivity index (χ4n) is 3.81. The van der Waals surface area contributed by atoms with Crippen LogP contribution in [0.4, 0.5) is 4.79 Å². The van der Waals surface area contributed by atoms with Crippen molar-refractivity contribution in [1.29, 1.82) is 0 Å². The minimum Gasteiger partial charge on any atom is -0.481 e. The molecule has 8 nitrogen and oxygen atoms in total. The Hall–Kier alpha value is -3.68. The number of carboxylic acid groups (broad SMARTS) is 1. The van der Waals surface area contributed by atoms with Crippen LogP contribution in [0.25, 0.3) is 11.1 Å². The smallest absolute Gasteiger partial charge is 0.407 e. The van der Waals surface area contributed by atoms with Gasteiger partial charge in [0.2, 0.25) is 0 Å². The molecule has 2 aromatic carbocycles. The first-order valence-electron chi connectivity index (χ1n) is 9.80. The van der Waals surface area contributed by atoms with Gasteiger partial charge in [0.15, 0.2) is 0 Å². The van der Waals surface area contributed by atoms with Crippen molar-refractivity contribution in [3.8, 4) is 11.1 Å². The average Bonchev–Trinajstić information content (AvgIpc) is 3.35. The average molecular weight is 406 g/mol. The van der Waals surface area contributed by atoms with Crippen LogP contribution in [0.1, 0.15) is 42.1 Å². The van der Waals surface area contributed by atoms with Gasteiger partial charge in [-0.2, -0.15) is 0 Å². The third-order valence-corrected chi connectivity index (χ3v) is 5.25. The molecule has 0 aliphatic heterocycles. The van der Waals surface area contributed by atoms with Gasteiger partial charge < -0.3 is 15.2 Å². The molecule has 0 spiro atoms.